The third-order valence-corrected chi connectivity index (χ3v) is 5.12. The lowest BCUT2D eigenvalue weighted by molar-refractivity contribution is -0.144. The minimum Gasteiger partial charge on any atom is -0.508 e. The van der Waals surface area contributed by atoms with E-state index in [9.17, 15) is 18.7 Å². The normalized spacial score (nSPS) is 12.0. The van der Waals surface area contributed by atoms with E-state index in [-0.39, 0.29) is 18.0 Å². The molecule has 0 fully saturated rings. The van der Waals surface area contributed by atoms with E-state index < -0.39 is 23.8 Å². The maximum atomic E-state index is 14.2. The van der Waals surface area contributed by atoms with Gasteiger partial charge in [-0.1, -0.05) is 6.07 Å². The van der Waals surface area contributed by atoms with Crippen molar-refractivity contribution in [3.63, 3.8) is 0 Å². The smallest absolute Gasteiger partial charge is 0.344 e. The predicted octanol–water partition coefficient (Wildman–Crippen LogP) is 5.02. The second-order valence-corrected chi connectivity index (χ2v) is 7.46. The first kappa shape index (κ1) is 22.1. The molecule has 4 aromatic rings. The average molecular weight is 454 g/mol. The number of carbonyl (C=O) groups is 1. The van der Waals surface area contributed by atoms with Crippen LogP contribution in [0.4, 0.5) is 8.78 Å². The van der Waals surface area contributed by atoms with Crippen molar-refractivity contribution in [3.8, 4) is 23.0 Å². The van der Waals surface area contributed by atoms with Crippen molar-refractivity contribution in [2.45, 2.75) is 26.5 Å². The molecule has 4 rings (SSSR count). The van der Waals surface area contributed by atoms with Gasteiger partial charge in [0.15, 0.2) is 23.4 Å². The highest BCUT2D eigenvalue weighted by Gasteiger charge is 2.20. The van der Waals surface area contributed by atoms with Crippen LogP contribution >= 0.6 is 0 Å². The Labute approximate surface area is 187 Å². The number of carboxylic acid groups (broad SMARTS) is 1. The molecule has 2 aromatic carbocycles. The lowest BCUT2D eigenvalue weighted by Gasteiger charge is -2.14. The fraction of sp³-hybridized carbons (Fsp3) is 0.167. The van der Waals surface area contributed by atoms with Gasteiger partial charge < -0.3 is 24.3 Å². The van der Waals surface area contributed by atoms with Gasteiger partial charge in [-0.05, 0) is 67.9 Å². The fourth-order valence-corrected chi connectivity index (χ4v) is 3.40. The van der Waals surface area contributed by atoms with Crippen LogP contribution in [0.3, 0.4) is 0 Å². The van der Waals surface area contributed by atoms with E-state index >= 15 is 0 Å². The first-order valence-corrected chi connectivity index (χ1v) is 10.0. The van der Waals surface area contributed by atoms with E-state index in [1.165, 1.54) is 43.3 Å². The molecule has 0 aliphatic carbocycles. The molecule has 0 saturated heterocycles. The summed E-state index contributed by atoms with van der Waals surface area (Å²) >= 11 is 0. The molecule has 0 bridgehead atoms. The predicted molar refractivity (Wildman–Crippen MR) is 116 cm³/mol. The molecule has 9 heteroatoms. The Hall–Kier alpha value is -4.14. The van der Waals surface area contributed by atoms with E-state index in [1.54, 1.807) is 29.7 Å². The molecule has 2 N–H and O–H groups in total. The number of halogens is 2. The number of hydrogen-bond donors (Lipinski definition) is 2. The van der Waals surface area contributed by atoms with E-state index in [0.29, 0.717) is 33.8 Å². The van der Waals surface area contributed by atoms with Gasteiger partial charge in [-0.15, -0.1) is 0 Å². The Morgan fingerprint density at radius 3 is 2.55 bits per heavy atom. The van der Waals surface area contributed by atoms with Crippen molar-refractivity contribution in [2.24, 2.45) is 0 Å². The molecule has 0 amide bonds. The monoisotopic (exact) mass is 454 g/mol. The molecular weight excluding hydrogens is 434 g/mol. The Morgan fingerprint density at radius 1 is 1.12 bits per heavy atom. The second kappa shape index (κ2) is 8.78. The van der Waals surface area contributed by atoms with Gasteiger partial charge in [0.2, 0.25) is 5.95 Å². The van der Waals surface area contributed by atoms with Gasteiger partial charge in [0, 0.05) is 6.54 Å². The number of hydrogen-bond acceptors (Lipinski definition) is 5. The number of carboxylic acids is 1. The van der Waals surface area contributed by atoms with Crippen LogP contribution in [0.15, 0.2) is 54.6 Å². The summed E-state index contributed by atoms with van der Waals surface area (Å²) < 4.78 is 41.1. The number of fused-ring (bicyclic) bond motifs is 1. The molecule has 0 aliphatic rings. The van der Waals surface area contributed by atoms with Crippen LogP contribution in [0.1, 0.15) is 18.2 Å². The highest BCUT2D eigenvalue weighted by atomic mass is 19.1. The summed E-state index contributed by atoms with van der Waals surface area (Å²) in [5.74, 6) is -1.76. The van der Waals surface area contributed by atoms with E-state index in [4.69, 9.17) is 14.6 Å². The van der Waals surface area contributed by atoms with Gasteiger partial charge in [-0.25, -0.2) is 14.2 Å². The maximum Gasteiger partial charge on any atom is 0.344 e. The quantitative estimate of drug-likeness (QED) is 0.381. The molecule has 2 aromatic heterocycles. The van der Waals surface area contributed by atoms with Gasteiger partial charge in [0.1, 0.15) is 17.1 Å². The van der Waals surface area contributed by atoms with Crippen LogP contribution in [0.25, 0.3) is 11.0 Å². The van der Waals surface area contributed by atoms with E-state index in [2.05, 4.69) is 4.98 Å². The van der Waals surface area contributed by atoms with Gasteiger partial charge in [-0.3, -0.25) is 0 Å². The molecule has 0 spiro atoms. The molecule has 0 radical (unpaired) electrons. The number of rotatable bonds is 7. The number of pyridine rings is 1. The van der Waals surface area contributed by atoms with Crippen molar-refractivity contribution in [1.82, 2.24) is 9.55 Å². The summed E-state index contributed by atoms with van der Waals surface area (Å²) in [6.07, 6.45) is -1.23. The van der Waals surface area contributed by atoms with Gasteiger partial charge in [-0.2, -0.15) is 4.39 Å². The summed E-state index contributed by atoms with van der Waals surface area (Å²) in [6, 6.07) is 13.1. The van der Waals surface area contributed by atoms with Crippen LogP contribution in [0.5, 0.6) is 23.0 Å². The lowest BCUT2D eigenvalue weighted by atomic mass is 10.2. The van der Waals surface area contributed by atoms with Gasteiger partial charge in [0.25, 0.3) is 0 Å². The van der Waals surface area contributed by atoms with Crippen LogP contribution in [0, 0.1) is 18.7 Å². The molecular formula is C24H20F2N2O5. The zero-order chi connectivity index (χ0) is 23.7. The van der Waals surface area contributed by atoms with Crippen LogP contribution in [-0.4, -0.2) is 31.8 Å². The van der Waals surface area contributed by atoms with E-state index in [1.807, 2.05) is 0 Å². The van der Waals surface area contributed by atoms with Crippen molar-refractivity contribution in [2.75, 3.05) is 0 Å². The van der Waals surface area contributed by atoms with Crippen molar-refractivity contribution < 1.29 is 33.3 Å². The number of aliphatic carboxylic acids is 1. The molecule has 1 unspecified atom stereocenters. The summed E-state index contributed by atoms with van der Waals surface area (Å²) in [4.78, 5) is 15.1. The second-order valence-electron chi connectivity index (χ2n) is 7.46. The minimum absolute atomic E-state index is 0.0942. The number of aromatic nitrogens is 2. The summed E-state index contributed by atoms with van der Waals surface area (Å²) in [5, 5.41) is 19.1. The summed E-state index contributed by atoms with van der Waals surface area (Å²) in [6.45, 7) is 3.26. The van der Waals surface area contributed by atoms with Crippen LogP contribution in [-0.2, 0) is 11.3 Å². The van der Waals surface area contributed by atoms with Crippen molar-refractivity contribution in [3.05, 3.63) is 77.6 Å². The number of nitrogens with zero attached hydrogens (tertiary/aromatic N) is 2. The van der Waals surface area contributed by atoms with E-state index in [0.717, 1.165) is 0 Å². The SMILES string of the molecule is Cc1c(Oc2ccc(O)cc2)c2ccc(F)nc2n1Cc1ccc(F)c(OC(C)C(=O)O)c1. The number of benzene rings is 2. The number of aromatic hydroxyl groups is 1. The number of phenols is 1. The fourth-order valence-electron chi connectivity index (χ4n) is 3.40. The number of phenolic OH excluding ortho intramolecular Hbond substituents is 1. The summed E-state index contributed by atoms with van der Waals surface area (Å²) in [7, 11) is 0. The van der Waals surface area contributed by atoms with Gasteiger partial charge >= 0.3 is 5.97 Å². The third kappa shape index (κ3) is 4.57. The molecule has 2 heterocycles. The average Bonchev–Trinajstić information content (AvgIpc) is 3.02. The van der Waals surface area contributed by atoms with Crippen LogP contribution in [0.2, 0.25) is 0 Å². The zero-order valence-corrected chi connectivity index (χ0v) is 17.8. The molecule has 170 valence electrons. The van der Waals surface area contributed by atoms with Gasteiger partial charge in [0.05, 0.1) is 11.1 Å². The molecule has 7 nitrogen and oxygen atoms in total. The zero-order valence-electron chi connectivity index (χ0n) is 17.8. The van der Waals surface area contributed by atoms with Crippen LogP contribution < -0.4 is 9.47 Å². The molecule has 0 saturated carbocycles. The molecule has 33 heavy (non-hydrogen) atoms. The lowest BCUT2D eigenvalue weighted by Crippen LogP contribution is -2.23. The number of ether oxygens (including phenoxy) is 2. The topological polar surface area (TPSA) is 93.8 Å². The molecule has 1 atom stereocenters. The first-order chi connectivity index (χ1) is 15.7. The minimum atomic E-state index is -1.23. The molecule has 0 aliphatic heterocycles. The maximum absolute atomic E-state index is 14.2. The van der Waals surface area contributed by atoms with Crippen molar-refractivity contribution in [1.29, 1.82) is 0 Å². The summed E-state index contributed by atoms with van der Waals surface area (Å²) in [5.41, 5.74) is 1.56. The highest BCUT2D eigenvalue weighted by Crippen LogP contribution is 2.36. The largest absolute Gasteiger partial charge is 0.508 e. The third-order valence-electron chi connectivity index (χ3n) is 5.12. The Kier molecular flexibility index (Phi) is 5.87. The van der Waals surface area contributed by atoms with Crippen molar-refractivity contribution >= 4 is 17.0 Å². The Morgan fingerprint density at radius 2 is 1.85 bits per heavy atom. The highest BCUT2D eigenvalue weighted by molar-refractivity contribution is 5.86. The standard InChI is InChI=1S/C24H20F2N2O5/c1-13-22(33-17-6-4-16(29)5-7-17)18-8-10-21(26)27-23(18)28(13)12-15-3-9-19(25)20(11-15)32-14(2)24(30)31/h3-11,14,29H,12H2,1-2H3,(H,30,31). The Bertz CT molecular complexity index is 1340. The Balaban J connectivity index is 1.74. The first-order valence-electron chi connectivity index (χ1n) is 10.0.